The number of carbonyl (C=O) groups is 4. The molecule has 2 rings (SSSR count). The maximum absolute atomic E-state index is 12.2. The van der Waals surface area contributed by atoms with Gasteiger partial charge in [0.25, 0.3) is 11.8 Å². The number of quaternary nitrogens is 4. The molecule has 0 aliphatic heterocycles. The summed E-state index contributed by atoms with van der Waals surface area (Å²) >= 11 is 11.9. The molecular formula is C76H151N9O11S6+4. The quantitative estimate of drug-likeness (QED) is 0.0324. The van der Waals surface area contributed by atoms with Gasteiger partial charge in [0.2, 0.25) is 0 Å². The summed E-state index contributed by atoms with van der Waals surface area (Å²) in [7, 11) is 22.5. The maximum atomic E-state index is 12.2. The summed E-state index contributed by atoms with van der Waals surface area (Å²) in [5, 5.41) is 8.71. The largest absolute Gasteiger partial charge is 0.461 e. The molecule has 0 spiro atoms. The first kappa shape index (κ1) is 104. The lowest BCUT2D eigenvalue weighted by Gasteiger charge is -2.36. The Morgan fingerprint density at radius 1 is 0.412 bits per heavy atom. The molecule has 26 heteroatoms. The third-order valence-corrected chi connectivity index (χ3v) is 21.1. The molecule has 0 radical (unpaired) electrons. The van der Waals surface area contributed by atoms with Crippen LogP contribution in [0.15, 0.2) is 60.7 Å². The van der Waals surface area contributed by atoms with Crippen molar-refractivity contribution in [1.82, 2.24) is 34.7 Å². The number of likely N-dealkylation sites (N-methyl/N-ethyl adjacent to an activating group) is 5. The van der Waals surface area contributed by atoms with Gasteiger partial charge in [-0.3, -0.25) is 33.0 Å². The SMILES string of the molecule is CCC.CCCOCCOCCOCCOCCOCCN(C)C.CCCSCCNC(=O)C[N+](C)(C)CCC[N+](C)(C)CC(=O)NCCSCCC.CNCC(=O)OCCOC(=O)CN(C)C.CSCCSCC[N+](C)(CCCC[N+](C)(CCSCCSC)c1ccccc1)c1ccccc1. The van der Waals surface area contributed by atoms with E-state index in [1.807, 2.05) is 61.1 Å². The fourth-order valence-corrected chi connectivity index (χ4v) is 14.7. The van der Waals surface area contributed by atoms with Gasteiger partial charge in [0.1, 0.15) is 24.6 Å². The molecule has 2 unspecified atom stereocenters. The van der Waals surface area contributed by atoms with Crippen molar-refractivity contribution in [2.75, 3.05) is 312 Å². The van der Waals surface area contributed by atoms with Crippen LogP contribution >= 0.6 is 70.6 Å². The van der Waals surface area contributed by atoms with E-state index in [2.05, 4.69) is 194 Å². The molecule has 0 aliphatic carbocycles. The Labute approximate surface area is 649 Å². The molecule has 0 saturated heterocycles. The summed E-state index contributed by atoms with van der Waals surface area (Å²) in [6.07, 6.45) is 12.6. The number of benzene rings is 2. The zero-order valence-electron chi connectivity index (χ0n) is 67.6. The Hall–Kier alpha value is -2.06. The molecule has 2 aromatic rings. The third-order valence-electron chi connectivity index (χ3n) is 15.0. The fraction of sp³-hybridized carbons (Fsp3) is 0.789. The highest BCUT2D eigenvalue weighted by molar-refractivity contribution is 8.03. The Morgan fingerprint density at radius 2 is 0.784 bits per heavy atom. The highest BCUT2D eigenvalue weighted by Crippen LogP contribution is 2.26. The monoisotopic (exact) mass is 1560 g/mol. The van der Waals surface area contributed by atoms with Crippen molar-refractivity contribution in [3.05, 3.63) is 60.7 Å². The molecule has 598 valence electrons. The van der Waals surface area contributed by atoms with Gasteiger partial charge in [-0.1, -0.05) is 77.4 Å². The van der Waals surface area contributed by atoms with E-state index in [-0.39, 0.29) is 50.1 Å². The lowest BCUT2D eigenvalue weighted by atomic mass is 10.1. The summed E-state index contributed by atoms with van der Waals surface area (Å²) in [5.74, 6) is 11.3. The Balaban J connectivity index is -0.00000131. The van der Waals surface area contributed by atoms with Crippen molar-refractivity contribution in [3.63, 3.8) is 0 Å². The van der Waals surface area contributed by atoms with Gasteiger partial charge in [-0.05, 0) is 103 Å². The first-order valence-corrected chi connectivity index (χ1v) is 44.7. The minimum atomic E-state index is -0.360. The number of hydrogen-bond acceptors (Lipinski definition) is 20. The molecular weight excluding hydrogens is 1410 g/mol. The summed E-state index contributed by atoms with van der Waals surface area (Å²) in [5.41, 5.74) is 2.91. The maximum Gasteiger partial charge on any atom is 0.320 e. The predicted octanol–water partition coefficient (Wildman–Crippen LogP) is 10.6. The zero-order chi connectivity index (χ0) is 76.7. The molecule has 2 atom stereocenters. The van der Waals surface area contributed by atoms with Crippen molar-refractivity contribution in [2.45, 2.75) is 79.6 Å². The van der Waals surface area contributed by atoms with Gasteiger partial charge in [0.05, 0.1) is 154 Å². The number of esters is 2. The number of hydrogen-bond donors (Lipinski definition) is 3. The Bertz CT molecular complexity index is 2090. The second-order valence-electron chi connectivity index (χ2n) is 27.0. The highest BCUT2D eigenvalue weighted by atomic mass is 32.2. The van der Waals surface area contributed by atoms with E-state index >= 15 is 0 Å². The summed E-state index contributed by atoms with van der Waals surface area (Å²) in [6.45, 7) is 27.9. The second kappa shape index (κ2) is 73.1. The van der Waals surface area contributed by atoms with Crippen molar-refractivity contribution in [3.8, 4) is 0 Å². The van der Waals surface area contributed by atoms with Gasteiger partial charge < -0.3 is 63.0 Å². The molecule has 2 amide bonds. The molecule has 0 bridgehead atoms. The van der Waals surface area contributed by atoms with Crippen LogP contribution in [0.5, 0.6) is 0 Å². The summed E-state index contributed by atoms with van der Waals surface area (Å²) in [6, 6.07) is 22.4. The first-order chi connectivity index (χ1) is 48.9. The molecule has 2 aromatic carbocycles. The van der Waals surface area contributed by atoms with Crippen LogP contribution in [0.4, 0.5) is 11.4 Å². The number of ether oxygens (including phenoxy) is 7. The Kier molecular flexibility index (Phi) is 74.6. The number of amides is 2. The van der Waals surface area contributed by atoms with Crippen LogP contribution in [-0.4, -0.2) is 354 Å². The van der Waals surface area contributed by atoms with Gasteiger partial charge >= 0.3 is 11.9 Å². The number of nitrogens with one attached hydrogen (secondary N) is 3. The minimum absolute atomic E-state index is 0.0969. The smallest absolute Gasteiger partial charge is 0.320 e. The van der Waals surface area contributed by atoms with E-state index in [1.165, 1.54) is 104 Å². The topological polar surface area (TPSA) is 175 Å². The van der Waals surface area contributed by atoms with Crippen LogP contribution in [0.3, 0.4) is 0 Å². The average Bonchev–Trinajstić information content (AvgIpc) is 0.838. The van der Waals surface area contributed by atoms with E-state index in [4.69, 9.17) is 33.2 Å². The van der Waals surface area contributed by atoms with Crippen LogP contribution in [0.1, 0.15) is 79.6 Å². The molecule has 0 aliphatic rings. The van der Waals surface area contributed by atoms with Crippen molar-refractivity contribution in [1.29, 1.82) is 0 Å². The molecule has 0 heterocycles. The zero-order valence-corrected chi connectivity index (χ0v) is 72.5. The molecule has 0 aromatic heterocycles. The number of unbranched alkanes of at least 4 members (excludes halogenated alkanes) is 1. The first-order valence-electron chi connectivity index (χ1n) is 37.3. The van der Waals surface area contributed by atoms with Crippen molar-refractivity contribution >= 4 is 106 Å². The summed E-state index contributed by atoms with van der Waals surface area (Å²) in [4.78, 5) is 50.0. The van der Waals surface area contributed by atoms with E-state index in [0.717, 1.165) is 90.8 Å². The number of thioether (sulfide) groups is 6. The number of nitrogens with zero attached hydrogens (tertiary/aromatic N) is 6. The molecule has 20 nitrogen and oxygen atoms in total. The molecule has 102 heavy (non-hydrogen) atoms. The van der Waals surface area contributed by atoms with Crippen LogP contribution in [0, 0.1) is 0 Å². The number of para-hydroxylation sites is 2. The number of rotatable bonds is 61. The van der Waals surface area contributed by atoms with Gasteiger partial charge in [-0.25, -0.2) is 0 Å². The average molecular weight is 1560 g/mol. The van der Waals surface area contributed by atoms with Gasteiger partial charge in [0.15, 0.2) is 13.1 Å². The van der Waals surface area contributed by atoms with Crippen LogP contribution in [0.2, 0.25) is 0 Å². The summed E-state index contributed by atoms with van der Waals surface area (Å²) < 4.78 is 39.8. The fourth-order valence-electron chi connectivity index (χ4n) is 9.43. The lowest BCUT2D eigenvalue weighted by molar-refractivity contribution is -0.901. The normalized spacial score (nSPS) is 12.5. The van der Waals surface area contributed by atoms with Gasteiger partial charge in [0, 0.05) is 91.5 Å². The molecule has 3 N–H and O–H groups in total. The molecule has 0 fully saturated rings. The highest BCUT2D eigenvalue weighted by Gasteiger charge is 2.28. The van der Waals surface area contributed by atoms with Crippen LogP contribution < -0.4 is 24.9 Å². The number of carbonyl (C=O) groups excluding carboxylic acids is 4. The van der Waals surface area contributed by atoms with Crippen molar-refractivity contribution in [2.24, 2.45) is 0 Å². The van der Waals surface area contributed by atoms with E-state index < -0.39 is 0 Å². The Morgan fingerprint density at radius 3 is 1.14 bits per heavy atom. The predicted molar refractivity (Wildman–Crippen MR) is 451 cm³/mol. The minimum Gasteiger partial charge on any atom is -0.461 e. The van der Waals surface area contributed by atoms with Gasteiger partial charge in [-0.2, -0.15) is 70.6 Å². The van der Waals surface area contributed by atoms with Crippen LogP contribution in [-0.2, 0) is 52.3 Å². The van der Waals surface area contributed by atoms with E-state index in [9.17, 15) is 19.2 Å². The van der Waals surface area contributed by atoms with Gasteiger partial charge in [-0.15, -0.1) is 0 Å². The van der Waals surface area contributed by atoms with Crippen LogP contribution in [0.25, 0.3) is 0 Å². The molecule has 0 saturated carbocycles. The van der Waals surface area contributed by atoms with Crippen molar-refractivity contribution < 1.29 is 61.3 Å². The second-order valence-corrected chi connectivity index (χ2v) is 33.8. The lowest BCUT2D eigenvalue weighted by Crippen LogP contribution is -2.51. The third kappa shape index (κ3) is 69.7. The standard InChI is InChI=1S/C28H46N2S4.C21H44N4O2S2.C15H33NO5.C9H18N2O4.C3H8/c1-29(19-21-33-25-23-31-3,27-13-7-5-8-14-27)17-11-12-18-30(2,20-22-34-26-24-32-4)28-15-9-6-10-16-28;1-7-14-28-16-10-22-20(26)18-24(3,4)12-9-13-25(5,6)19-21(27)23-11-17-29-15-8-2;1-4-6-17-8-10-19-12-14-21-15-13-20-11-9-18-7-5-16(2)3;1-10-6-8(12)14-4-5-15-9(13)7-11(2)3;1-3-2/h5-10,13-16H,11-12,17-26H2,1-4H3;7-19H2,1-6H3;4-15H2,1-3H3;10H,4-7H2,1-3H3;3H2,1-2H3/q+2;;;;/p+2. The van der Waals surface area contributed by atoms with E-state index in [0.29, 0.717) is 74.9 Å². The van der Waals surface area contributed by atoms with E-state index in [1.54, 1.807) is 26.0 Å².